The molecule has 22 heavy (non-hydrogen) atoms. The van der Waals surface area contributed by atoms with Crippen LogP contribution in [0.1, 0.15) is 44.7 Å². The zero-order chi connectivity index (χ0) is 15.6. The van der Waals surface area contributed by atoms with Crippen molar-refractivity contribution in [2.24, 2.45) is 0 Å². The van der Waals surface area contributed by atoms with Gasteiger partial charge < -0.3 is 4.90 Å². The Balaban J connectivity index is 1.89. The van der Waals surface area contributed by atoms with E-state index in [2.05, 4.69) is 34.3 Å². The van der Waals surface area contributed by atoms with E-state index in [9.17, 15) is 0 Å². The summed E-state index contributed by atoms with van der Waals surface area (Å²) in [5.74, 6) is 0. The van der Waals surface area contributed by atoms with Crippen LogP contribution in [0, 0.1) is 0 Å². The summed E-state index contributed by atoms with van der Waals surface area (Å²) < 4.78 is 0. The molecule has 1 heterocycles. The fourth-order valence-electron chi connectivity index (χ4n) is 2.54. The van der Waals surface area contributed by atoms with E-state index in [0.29, 0.717) is 0 Å². The second kappa shape index (κ2) is 9.86. The molecule has 2 rings (SSSR count). The molecular formula is C18H25ClN2S. The number of nitrogens with zero attached hydrogens (tertiary/aromatic N) is 2. The summed E-state index contributed by atoms with van der Waals surface area (Å²) in [5.41, 5.74) is 4.36. The maximum Gasteiger partial charge on any atom is 0.0794 e. The molecule has 0 amide bonds. The topological polar surface area (TPSA) is 16.1 Å². The van der Waals surface area contributed by atoms with Crippen LogP contribution in [0.25, 0.3) is 0 Å². The first-order chi connectivity index (χ1) is 10.8. The standard InChI is InChI=1S/C18H25ClN2S/c1-2-3-4-5-6-12-21(13-11-17-14-22-15-20-17)18-9-7-16(19)8-10-18/h7-10,14-15H,2-6,11-13H2,1H3. The largest absolute Gasteiger partial charge is 0.371 e. The summed E-state index contributed by atoms with van der Waals surface area (Å²) in [5, 5.41) is 2.94. The summed E-state index contributed by atoms with van der Waals surface area (Å²) in [6.45, 7) is 4.38. The monoisotopic (exact) mass is 336 g/mol. The van der Waals surface area contributed by atoms with Crippen molar-refractivity contribution in [3.8, 4) is 0 Å². The average Bonchev–Trinajstić information content (AvgIpc) is 3.04. The van der Waals surface area contributed by atoms with E-state index < -0.39 is 0 Å². The second-order valence-electron chi connectivity index (χ2n) is 5.61. The van der Waals surface area contributed by atoms with Gasteiger partial charge in [0.1, 0.15) is 0 Å². The molecule has 1 aromatic carbocycles. The summed E-state index contributed by atoms with van der Waals surface area (Å²) in [4.78, 5) is 6.85. The lowest BCUT2D eigenvalue weighted by Gasteiger charge is -2.24. The van der Waals surface area contributed by atoms with E-state index in [1.807, 2.05) is 17.6 Å². The van der Waals surface area contributed by atoms with E-state index in [1.165, 1.54) is 43.5 Å². The highest BCUT2D eigenvalue weighted by molar-refractivity contribution is 7.07. The Labute approximate surface area is 143 Å². The average molecular weight is 337 g/mol. The molecule has 2 nitrogen and oxygen atoms in total. The highest BCUT2D eigenvalue weighted by Crippen LogP contribution is 2.19. The zero-order valence-corrected chi connectivity index (χ0v) is 14.9. The molecule has 0 saturated carbocycles. The van der Waals surface area contributed by atoms with Gasteiger partial charge in [0.15, 0.2) is 0 Å². The molecule has 0 atom stereocenters. The number of halogens is 1. The van der Waals surface area contributed by atoms with E-state index in [0.717, 1.165) is 24.5 Å². The van der Waals surface area contributed by atoms with Gasteiger partial charge in [0.2, 0.25) is 0 Å². The van der Waals surface area contributed by atoms with Crippen LogP contribution >= 0.6 is 22.9 Å². The molecule has 1 aromatic heterocycles. The van der Waals surface area contributed by atoms with Gasteiger partial charge in [-0.3, -0.25) is 0 Å². The molecule has 2 aromatic rings. The minimum atomic E-state index is 0.797. The van der Waals surface area contributed by atoms with Crippen LogP contribution in [0.3, 0.4) is 0 Å². The molecule has 0 aliphatic carbocycles. The third kappa shape index (κ3) is 5.98. The predicted molar refractivity (Wildman–Crippen MR) is 98.2 cm³/mol. The second-order valence-corrected chi connectivity index (χ2v) is 6.76. The number of hydrogen-bond acceptors (Lipinski definition) is 3. The lowest BCUT2D eigenvalue weighted by molar-refractivity contribution is 0.616. The Hall–Kier alpha value is -1.06. The van der Waals surface area contributed by atoms with Gasteiger partial charge in [-0.15, -0.1) is 11.3 Å². The number of hydrogen-bond donors (Lipinski definition) is 0. The van der Waals surface area contributed by atoms with Gasteiger partial charge in [0.05, 0.1) is 11.2 Å². The normalized spacial score (nSPS) is 10.8. The highest BCUT2D eigenvalue weighted by Gasteiger charge is 2.07. The number of anilines is 1. The van der Waals surface area contributed by atoms with E-state index in [4.69, 9.17) is 11.6 Å². The van der Waals surface area contributed by atoms with Gasteiger partial charge in [0, 0.05) is 35.6 Å². The van der Waals surface area contributed by atoms with Gasteiger partial charge in [-0.05, 0) is 30.7 Å². The smallest absolute Gasteiger partial charge is 0.0794 e. The number of aromatic nitrogens is 1. The number of benzene rings is 1. The number of rotatable bonds is 10. The van der Waals surface area contributed by atoms with Gasteiger partial charge >= 0.3 is 0 Å². The van der Waals surface area contributed by atoms with Crippen molar-refractivity contribution in [1.82, 2.24) is 4.98 Å². The first-order valence-corrected chi connectivity index (χ1v) is 9.49. The molecule has 0 radical (unpaired) electrons. The minimum absolute atomic E-state index is 0.797. The molecule has 0 saturated heterocycles. The Morgan fingerprint density at radius 2 is 1.82 bits per heavy atom. The molecule has 4 heteroatoms. The van der Waals surface area contributed by atoms with Crippen molar-refractivity contribution in [3.63, 3.8) is 0 Å². The van der Waals surface area contributed by atoms with Crippen molar-refractivity contribution < 1.29 is 0 Å². The highest BCUT2D eigenvalue weighted by atomic mass is 35.5. The Morgan fingerprint density at radius 3 is 2.50 bits per heavy atom. The van der Waals surface area contributed by atoms with Crippen LogP contribution in [0.2, 0.25) is 5.02 Å². The molecular weight excluding hydrogens is 312 g/mol. The number of thiazole rings is 1. The van der Waals surface area contributed by atoms with Crippen molar-refractivity contribution in [2.75, 3.05) is 18.0 Å². The first kappa shape index (κ1) is 17.3. The van der Waals surface area contributed by atoms with Crippen LogP contribution in [-0.4, -0.2) is 18.1 Å². The van der Waals surface area contributed by atoms with E-state index >= 15 is 0 Å². The molecule has 0 aliphatic heterocycles. The van der Waals surface area contributed by atoms with E-state index in [-0.39, 0.29) is 0 Å². The maximum atomic E-state index is 6.01. The molecule has 0 aliphatic rings. The molecule has 0 bridgehead atoms. The van der Waals surface area contributed by atoms with Crippen molar-refractivity contribution in [1.29, 1.82) is 0 Å². The molecule has 0 spiro atoms. The summed E-state index contributed by atoms with van der Waals surface area (Å²) >= 11 is 7.68. The van der Waals surface area contributed by atoms with Crippen LogP contribution in [0.5, 0.6) is 0 Å². The van der Waals surface area contributed by atoms with Gasteiger partial charge in [0.25, 0.3) is 0 Å². The molecule has 0 unspecified atom stereocenters. The van der Waals surface area contributed by atoms with Crippen LogP contribution in [0.15, 0.2) is 35.2 Å². The van der Waals surface area contributed by atoms with Crippen molar-refractivity contribution in [2.45, 2.75) is 45.4 Å². The van der Waals surface area contributed by atoms with Gasteiger partial charge in [-0.2, -0.15) is 0 Å². The summed E-state index contributed by atoms with van der Waals surface area (Å²) in [6.07, 6.45) is 7.55. The predicted octanol–water partition coefficient (Wildman–Crippen LogP) is 5.82. The fourth-order valence-corrected chi connectivity index (χ4v) is 3.26. The van der Waals surface area contributed by atoms with E-state index in [1.54, 1.807) is 11.3 Å². The quantitative estimate of drug-likeness (QED) is 0.508. The van der Waals surface area contributed by atoms with Crippen molar-refractivity contribution in [3.05, 3.63) is 45.9 Å². The molecule has 120 valence electrons. The third-order valence-corrected chi connectivity index (χ3v) is 4.73. The SMILES string of the molecule is CCCCCCCN(CCc1cscn1)c1ccc(Cl)cc1. The van der Waals surface area contributed by atoms with Gasteiger partial charge in [-0.1, -0.05) is 44.2 Å². The summed E-state index contributed by atoms with van der Waals surface area (Å²) in [7, 11) is 0. The fraction of sp³-hybridized carbons (Fsp3) is 0.500. The zero-order valence-electron chi connectivity index (χ0n) is 13.3. The van der Waals surface area contributed by atoms with Crippen LogP contribution < -0.4 is 4.90 Å². The summed E-state index contributed by atoms with van der Waals surface area (Å²) in [6, 6.07) is 8.19. The Bertz CT molecular complexity index is 510. The minimum Gasteiger partial charge on any atom is -0.371 e. The lowest BCUT2D eigenvalue weighted by Crippen LogP contribution is -2.27. The van der Waals surface area contributed by atoms with Crippen LogP contribution in [0.4, 0.5) is 5.69 Å². The lowest BCUT2D eigenvalue weighted by atomic mass is 10.1. The molecule has 0 fully saturated rings. The Morgan fingerprint density at radius 1 is 1.05 bits per heavy atom. The van der Waals surface area contributed by atoms with Gasteiger partial charge in [-0.25, -0.2) is 4.98 Å². The van der Waals surface area contributed by atoms with Crippen LogP contribution in [-0.2, 0) is 6.42 Å². The van der Waals surface area contributed by atoms with Crippen molar-refractivity contribution >= 4 is 28.6 Å². The maximum absolute atomic E-state index is 6.01. The third-order valence-electron chi connectivity index (χ3n) is 3.84. The molecule has 0 N–H and O–H groups in total. The first-order valence-electron chi connectivity index (χ1n) is 8.17. The Kier molecular flexibility index (Phi) is 7.75. The number of unbranched alkanes of at least 4 members (excludes halogenated alkanes) is 4.